The zero-order valence-corrected chi connectivity index (χ0v) is 11.0. The van der Waals surface area contributed by atoms with Crippen molar-refractivity contribution in [1.29, 1.82) is 0 Å². The lowest BCUT2D eigenvalue weighted by Gasteiger charge is -2.30. The number of morpholine rings is 1. The molecule has 2 unspecified atom stereocenters. The van der Waals surface area contributed by atoms with Crippen LogP contribution in [0.15, 0.2) is 12.1 Å². The quantitative estimate of drug-likeness (QED) is 0.853. The SMILES string of the molecule is COc1c(C)cc(C)cc1C1COC(C)CN1. The van der Waals surface area contributed by atoms with Crippen molar-refractivity contribution >= 4 is 0 Å². The van der Waals surface area contributed by atoms with E-state index in [2.05, 4.69) is 38.2 Å². The Morgan fingerprint density at radius 3 is 2.71 bits per heavy atom. The van der Waals surface area contributed by atoms with Gasteiger partial charge < -0.3 is 14.8 Å². The fraction of sp³-hybridized carbons (Fsp3) is 0.571. The molecule has 0 bridgehead atoms. The number of benzene rings is 1. The molecule has 0 saturated carbocycles. The van der Waals surface area contributed by atoms with Crippen molar-refractivity contribution < 1.29 is 9.47 Å². The predicted octanol–water partition coefficient (Wildman–Crippen LogP) is 2.36. The van der Waals surface area contributed by atoms with E-state index in [4.69, 9.17) is 9.47 Å². The van der Waals surface area contributed by atoms with Gasteiger partial charge in [-0.2, -0.15) is 0 Å². The van der Waals surface area contributed by atoms with Crippen molar-refractivity contribution in [1.82, 2.24) is 5.32 Å². The molecule has 1 saturated heterocycles. The first-order valence-electron chi connectivity index (χ1n) is 6.12. The molecule has 0 aliphatic carbocycles. The van der Waals surface area contributed by atoms with Crippen LogP contribution in [0.2, 0.25) is 0 Å². The first-order valence-corrected chi connectivity index (χ1v) is 6.12. The van der Waals surface area contributed by atoms with Crippen molar-refractivity contribution in [2.24, 2.45) is 0 Å². The number of rotatable bonds is 2. The zero-order valence-electron chi connectivity index (χ0n) is 11.0. The Hall–Kier alpha value is -1.06. The lowest BCUT2D eigenvalue weighted by molar-refractivity contribution is 0.0144. The molecule has 1 aliphatic heterocycles. The van der Waals surface area contributed by atoms with Crippen molar-refractivity contribution in [2.45, 2.75) is 32.9 Å². The van der Waals surface area contributed by atoms with Gasteiger partial charge in [-0.05, 0) is 26.3 Å². The molecule has 1 fully saturated rings. The summed E-state index contributed by atoms with van der Waals surface area (Å²) < 4.78 is 11.2. The Morgan fingerprint density at radius 2 is 2.12 bits per heavy atom. The van der Waals surface area contributed by atoms with Crippen molar-refractivity contribution in [3.63, 3.8) is 0 Å². The second-order valence-electron chi connectivity index (χ2n) is 4.81. The molecule has 2 atom stereocenters. The number of nitrogens with one attached hydrogen (secondary N) is 1. The maximum absolute atomic E-state index is 5.71. The van der Waals surface area contributed by atoms with Crippen molar-refractivity contribution in [3.8, 4) is 5.75 Å². The van der Waals surface area contributed by atoms with E-state index in [1.807, 2.05) is 0 Å². The molecule has 3 nitrogen and oxygen atoms in total. The van der Waals surface area contributed by atoms with Crippen LogP contribution in [0.3, 0.4) is 0 Å². The molecule has 1 aromatic rings. The van der Waals surface area contributed by atoms with E-state index in [1.54, 1.807) is 7.11 Å². The van der Waals surface area contributed by atoms with Crippen LogP contribution < -0.4 is 10.1 Å². The zero-order chi connectivity index (χ0) is 12.4. The van der Waals surface area contributed by atoms with Crippen LogP contribution in [-0.2, 0) is 4.74 Å². The number of hydrogen-bond acceptors (Lipinski definition) is 3. The van der Waals surface area contributed by atoms with Gasteiger partial charge in [-0.25, -0.2) is 0 Å². The molecular formula is C14H21NO2. The van der Waals surface area contributed by atoms with E-state index in [-0.39, 0.29) is 6.04 Å². The van der Waals surface area contributed by atoms with E-state index < -0.39 is 0 Å². The Balaban J connectivity index is 2.30. The number of methoxy groups -OCH3 is 1. The van der Waals surface area contributed by atoms with Crippen LogP contribution in [0.1, 0.15) is 29.7 Å². The molecule has 1 N–H and O–H groups in total. The second-order valence-corrected chi connectivity index (χ2v) is 4.81. The number of hydrogen-bond donors (Lipinski definition) is 1. The summed E-state index contributed by atoms with van der Waals surface area (Å²) in [6.45, 7) is 7.88. The topological polar surface area (TPSA) is 30.5 Å². The Morgan fingerprint density at radius 1 is 1.35 bits per heavy atom. The molecule has 0 spiro atoms. The monoisotopic (exact) mass is 235 g/mol. The fourth-order valence-electron chi connectivity index (χ4n) is 2.41. The highest BCUT2D eigenvalue weighted by molar-refractivity contribution is 5.45. The van der Waals surface area contributed by atoms with Crippen LogP contribution in [0, 0.1) is 13.8 Å². The summed E-state index contributed by atoms with van der Waals surface area (Å²) in [4.78, 5) is 0. The highest BCUT2D eigenvalue weighted by Crippen LogP contribution is 2.31. The van der Waals surface area contributed by atoms with Gasteiger partial charge in [0.25, 0.3) is 0 Å². The van der Waals surface area contributed by atoms with Gasteiger partial charge in [0.2, 0.25) is 0 Å². The Kier molecular flexibility index (Phi) is 3.69. The van der Waals surface area contributed by atoms with E-state index >= 15 is 0 Å². The normalized spacial score (nSPS) is 24.7. The second kappa shape index (κ2) is 5.07. The molecule has 94 valence electrons. The fourth-order valence-corrected chi connectivity index (χ4v) is 2.41. The van der Waals surface area contributed by atoms with Gasteiger partial charge in [-0.3, -0.25) is 0 Å². The van der Waals surface area contributed by atoms with E-state index in [0.717, 1.165) is 12.3 Å². The van der Waals surface area contributed by atoms with Gasteiger partial charge in [0, 0.05) is 12.1 Å². The molecule has 1 aromatic carbocycles. The van der Waals surface area contributed by atoms with Gasteiger partial charge in [0.15, 0.2) is 0 Å². The van der Waals surface area contributed by atoms with Crippen molar-refractivity contribution in [3.05, 3.63) is 28.8 Å². The lowest BCUT2D eigenvalue weighted by atomic mass is 9.99. The molecule has 2 rings (SSSR count). The van der Waals surface area contributed by atoms with Gasteiger partial charge in [-0.1, -0.05) is 17.7 Å². The molecule has 1 aliphatic rings. The molecule has 1 heterocycles. The van der Waals surface area contributed by atoms with Crippen LogP contribution >= 0.6 is 0 Å². The first kappa shape index (κ1) is 12.4. The maximum atomic E-state index is 5.71. The number of aryl methyl sites for hydroxylation is 2. The summed E-state index contributed by atoms with van der Waals surface area (Å²) in [5, 5.41) is 3.51. The minimum absolute atomic E-state index is 0.236. The third-order valence-corrected chi connectivity index (χ3v) is 3.23. The minimum Gasteiger partial charge on any atom is -0.496 e. The van der Waals surface area contributed by atoms with E-state index in [9.17, 15) is 0 Å². The summed E-state index contributed by atoms with van der Waals surface area (Å²) in [5.41, 5.74) is 3.65. The summed E-state index contributed by atoms with van der Waals surface area (Å²) in [6.07, 6.45) is 0.295. The first-order chi connectivity index (χ1) is 8.11. The summed E-state index contributed by atoms with van der Waals surface area (Å²) in [7, 11) is 1.73. The van der Waals surface area contributed by atoms with E-state index in [1.165, 1.54) is 16.7 Å². The van der Waals surface area contributed by atoms with Crippen LogP contribution in [0.5, 0.6) is 5.75 Å². The highest BCUT2D eigenvalue weighted by atomic mass is 16.5. The van der Waals surface area contributed by atoms with Crippen LogP contribution in [0.25, 0.3) is 0 Å². The Bertz CT molecular complexity index is 395. The number of ether oxygens (including phenoxy) is 2. The smallest absolute Gasteiger partial charge is 0.126 e. The van der Waals surface area contributed by atoms with Gasteiger partial charge in [-0.15, -0.1) is 0 Å². The average molecular weight is 235 g/mol. The minimum atomic E-state index is 0.236. The molecule has 17 heavy (non-hydrogen) atoms. The maximum Gasteiger partial charge on any atom is 0.126 e. The van der Waals surface area contributed by atoms with Crippen LogP contribution in [-0.4, -0.2) is 26.4 Å². The summed E-state index contributed by atoms with van der Waals surface area (Å²) in [5.74, 6) is 0.978. The van der Waals surface area contributed by atoms with Crippen molar-refractivity contribution in [2.75, 3.05) is 20.3 Å². The average Bonchev–Trinajstić information content (AvgIpc) is 2.29. The Labute approximate surface area is 103 Å². The third kappa shape index (κ3) is 2.61. The van der Waals surface area contributed by atoms with Gasteiger partial charge in [0.1, 0.15) is 5.75 Å². The van der Waals surface area contributed by atoms with E-state index in [0.29, 0.717) is 12.7 Å². The third-order valence-electron chi connectivity index (χ3n) is 3.23. The highest BCUT2D eigenvalue weighted by Gasteiger charge is 2.23. The van der Waals surface area contributed by atoms with Gasteiger partial charge in [0.05, 0.1) is 25.9 Å². The molecular weight excluding hydrogens is 214 g/mol. The standard InChI is InChI=1S/C14H21NO2/c1-9-5-10(2)14(16-4)12(6-9)13-8-17-11(3)7-15-13/h5-6,11,13,15H,7-8H2,1-4H3. The summed E-state index contributed by atoms with van der Waals surface area (Å²) >= 11 is 0. The van der Waals surface area contributed by atoms with Gasteiger partial charge >= 0.3 is 0 Å². The molecule has 3 heteroatoms. The molecule has 0 aromatic heterocycles. The summed E-state index contributed by atoms with van der Waals surface area (Å²) in [6, 6.07) is 4.57. The largest absolute Gasteiger partial charge is 0.496 e. The lowest BCUT2D eigenvalue weighted by Crippen LogP contribution is -2.39. The molecule has 0 amide bonds. The molecule has 0 radical (unpaired) electrons. The van der Waals surface area contributed by atoms with Crippen LogP contribution in [0.4, 0.5) is 0 Å². The predicted molar refractivity (Wildman–Crippen MR) is 68.6 cm³/mol.